The number of carbonyl (C=O) groups excluding carboxylic acids is 1. The zero-order valence-corrected chi connectivity index (χ0v) is 11.4. The molecule has 106 valence electrons. The van der Waals surface area contributed by atoms with Gasteiger partial charge in [0.25, 0.3) is 5.69 Å². The fourth-order valence-electron chi connectivity index (χ4n) is 1.83. The largest absolute Gasteiger partial charge is 0.423 e. The third kappa shape index (κ3) is 3.14. The van der Waals surface area contributed by atoms with Crippen molar-refractivity contribution in [2.45, 2.75) is 6.92 Å². The summed E-state index contributed by atoms with van der Waals surface area (Å²) in [5, 5.41) is 11.1. The van der Waals surface area contributed by atoms with Crippen LogP contribution in [0, 0.1) is 10.1 Å². The third-order valence-corrected chi connectivity index (χ3v) is 2.83. The lowest BCUT2D eigenvalue weighted by Gasteiger charge is -2.10. The van der Waals surface area contributed by atoms with Gasteiger partial charge in [-0.2, -0.15) is 0 Å². The Kier molecular flexibility index (Phi) is 4.13. The van der Waals surface area contributed by atoms with Gasteiger partial charge < -0.3 is 4.74 Å². The highest BCUT2D eigenvalue weighted by Gasteiger charge is 2.18. The number of esters is 1. The standard InChI is InChI=1S/C16H13NO4/c1-11(2)16(18)21-15-10-6-4-8-13(15)12-7-3-5-9-14(12)17(19)20/h3-10H,1H2,2H3. The van der Waals surface area contributed by atoms with Gasteiger partial charge in [0, 0.05) is 17.2 Å². The fraction of sp³-hybridized carbons (Fsp3) is 0.0625. The summed E-state index contributed by atoms with van der Waals surface area (Å²) in [5.74, 6) is -0.305. The maximum atomic E-state index is 11.7. The Morgan fingerprint density at radius 1 is 1.10 bits per heavy atom. The molecule has 0 bridgehead atoms. The average molecular weight is 283 g/mol. The minimum atomic E-state index is -0.568. The highest BCUT2D eigenvalue weighted by atomic mass is 16.6. The Hall–Kier alpha value is -2.95. The summed E-state index contributed by atoms with van der Waals surface area (Å²) in [4.78, 5) is 22.3. The van der Waals surface area contributed by atoms with Gasteiger partial charge >= 0.3 is 5.97 Å². The molecule has 0 aromatic heterocycles. The highest BCUT2D eigenvalue weighted by molar-refractivity contribution is 5.90. The van der Waals surface area contributed by atoms with Gasteiger partial charge in [0.05, 0.1) is 10.5 Å². The molecular formula is C16H13NO4. The van der Waals surface area contributed by atoms with E-state index in [2.05, 4.69) is 6.58 Å². The molecule has 0 aliphatic heterocycles. The summed E-state index contributed by atoms with van der Waals surface area (Å²) in [6.45, 7) is 5.05. The van der Waals surface area contributed by atoms with Gasteiger partial charge in [-0.1, -0.05) is 36.9 Å². The Bertz CT molecular complexity index is 722. The van der Waals surface area contributed by atoms with Gasteiger partial charge in [-0.15, -0.1) is 0 Å². The molecule has 0 saturated carbocycles. The second-order valence-corrected chi connectivity index (χ2v) is 4.44. The number of rotatable bonds is 4. The number of nitrogens with zero attached hydrogens (tertiary/aromatic N) is 1. The van der Waals surface area contributed by atoms with Crippen molar-refractivity contribution in [1.82, 2.24) is 0 Å². The van der Waals surface area contributed by atoms with Crippen LogP contribution < -0.4 is 4.74 Å². The molecule has 0 spiro atoms. The minimum Gasteiger partial charge on any atom is -0.423 e. The van der Waals surface area contributed by atoms with Crippen molar-refractivity contribution in [3.8, 4) is 16.9 Å². The van der Waals surface area contributed by atoms with Crippen molar-refractivity contribution in [1.29, 1.82) is 0 Å². The second kappa shape index (κ2) is 6.00. The number of carbonyl (C=O) groups is 1. The summed E-state index contributed by atoms with van der Waals surface area (Å²) >= 11 is 0. The van der Waals surface area contributed by atoms with Gasteiger partial charge in [-0.3, -0.25) is 10.1 Å². The quantitative estimate of drug-likeness (QED) is 0.282. The molecule has 21 heavy (non-hydrogen) atoms. The first-order chi connectivity index (χ1) is 10.0. The van der Waals surface area contributed by atoms with Crippen molar-refractivity contribution >= 4 is 11.7 Å². The molecular weight excluding hydrogens is 270 g/mol. The Balaban J connectivity index is 2.53. The lowest BCUT2D eigenvalue weighted by atomic mass is 10.0. The topological polar surface area (TPSA) is 69.4 Å². The Morgan fingerprint density at radius 2 is 1.67 bits per heavy atom. The molecule has 2 aromatic rings. The Labute approximate surface area is 121 Å². The number of benzene rings is 2. The molecule has 2 rings (SSSR count). The van der Waals surface area contributed by atoms with Crippen molar-refractivity contribution in [3.63, 3.8) is 0 Å². The smallest absolute Gasteiger partial charge is 0.338 e. The molecule has 0 amide bonds. The van der Waals surface area contributed by atoms with E-state index in [4.69, 9.17) is 4.74 Å². The first kappa shape index (κ1) is 14.5. The van der Waals surface area contributed by atoms with Crippen LogP contribution in [0.1, 0.15) is 6.92 Å². The van der Waals surface area contributed by atoms with Crippen LogP contribution in [0.4, 0.5) is 5.69 Å². The zero-order valence-electron chi connectivity index (χ0n) is 11.4. The molecule has 0 atom stereocenters. The predicted octanol–water partition coefficient (Wildman–Crippen LogP) is 3.74. The number of nitro benzene ring substituents is 1. The van der Waals surface area contributed by atoms with E-state index < -0.39 is 10.9 Å². The number of nitro groups is 1. The molecule has 0 unspecified atom stereocenters. The van der Waals surface area contributed by atoms with Crippen LogP contribution in [-0.2, 0) is 4.79 Å². The summed E-state index contributed by atoms with van der Waals surface area (Å²) in [7, 11) is 0. The van der Waals surface area contributed by atoms with Crippen LogP contribution in [0.15, 0.2) is 60.7 Å². The van der Waals surface area contributed by atoms with Crippen LogP contribution in [0.5, 0.6) is 5.75 Å². The second-order valence-electron chi connectivity index (χ2n) is 4.44. The van der Waals surface area contributed by atoms with Gasteiger partial charge in [0.15, 0.2) is 0 Å². The fourth-order valence-corrected chi connectivity index (χ4v) is 1.83. The van der Waals surface area contributed by atoms with E-state index in [1.54, 1.807) is 42.5 Å². The van der Waals surface area contributed by atoms with Crippen LogP contribution in [-0.4, -0.2) is 10.9 Å². The zero-order chi connectivity index (χ0) is 15.4. The maximum Gasteiger partial charge on any atom is 0.338 e. The third-order valence-electron chi connectivity index (χ3n) is 2.83. The van der Waals surface area contributed by atoms with E-state index in [0.717, 1.165) is 0 Å². The van der Waals surface area contributed by atoms with Gasteiger partial charge in [0.2, 0.25) is 0 Å². The van der Waals surface area contributed by atoms with Crippen molar-refractivity contribution in [3.05, 3.63) is 70.8 Å². The molecule has 0 radical (unpaired) electrons. The molecule has 0 aliphatic carbocycles. The van der Waals surface area contributed by atoms with E-state index >= 15 is 0 Å². The van der Waals surface area contributed by atoms with Gasteiger partial charge in [0.1, 0.15) is 5.75 Å². The number of hydrogen-bond acceptors (Lipinski definition) is 4. The van der Waals surface area contributed by atoms with Crippen molar-refractivity contribution in [2.75, 3.05) is 0 Å². The minimum absolute atomic E-state index is 0.0451. The van der Waals surface area contributed by atoms with E-state index in [1.165, 1.54) is 13.0 Å². The summed E-state index contributed by atoms with van der Waals surface area (Å²) in [5.41, 5.74) is 1.09. The van der Waals surface area contributed by atoms with Gasteiger partial charge in [-0.25, -0.2) is 4.79 Å². The number of ether oxygens (including phenoxy) is 1. The van der Waals surface area contributed by atoms with E-state index in [-0.39, 0.29) is 17.0 Å². The van der Waals surface area contributed by atoms with Gasteiger partial charge in [-0.05, 0) is 19.1 Å². The normalized spacial score (nSPS) is 9.95. The van der Waals surface area contributed by atoms with Crippen molar-refractivity contribution in [2.24, 2.45) is 0 Å². The summed E-state index contributed by atoms with van der Waals surface area (Å²) in [6.07, 6.45) is 0. The molecule has 2 aromatic carbocycles. The van der Waals surface area contributed by atoms with E-state index in [1.807, 2.05) is 0 Å². The SMILES string of the molecule is C=C(C)C(=O)Oc1ccccc1-c1ccccc1[N+](=O)[O-]. The molecule has 0 N–H and O–H groups in total. The van der Waals surface area contributed by atoms with Crippen LogP contribution in [0.3, 0.4) is 0 Å². The monoisotopic (exact) mass is 283 g/mol. The first-order valence-corrected chi connectivity index (χ1v) is 6.21. The maximum absolute atomic E-state index is 11.7. The Morgan fingerprint density at radius 3 is 2.29 bits per heavy atom. The molecule has 0 fully saturated rings. The lowest BCUT2D eigenvalue weighted by Crippen LogP contribution is -2.09. The lowest BCUT2D eigenvalue weighted by molar-refractivity contribution is -0.384. The molecule has 0 aliphatic rings. The predicted molar refractivity (Wildman–Crippen MR) is 79.0 cm³/mol. The molecule has 0 saturated heterocycles. The van der Waals surface area contributed by atoms with Crippen molar-refractivity contribution < 1.29 is 14.5 Å². The number of hydrogen-bond donors (Lipinski definition) is 0. The van der Waals surface area contributed by atoms with Crippen LogP contribution >= 0.6 is 0 Å². The van der Waals surface area contributed by atoms with Crippen LogP contribution in [0.2, 0.25) is 0 Å². The summed E-state index contributed by atoms with van der Waals surface area (Å²) < 4.78 is 5.24. The van der Waals surface area contributed by atoms with E-state index in [0.29, 0.717) is 11.1 Å². The molecule has 5 heteroatoms. The number of para-hydroxylation sites is 2. The van der Waals surface area contributed by atoms with E-state index in [9.17, 15) is 14.9 Å². The molecule has 5 nitrogen and oxygen atoms in total. The summed E-state index contributed by atoms with van der Waals surface area (Å²) in [6, 6.07) is 13.0. The average Bonchev–Trinajstić information content (AvgIpc) is 2.47. The first-order valence-electron chi connectivity index (χ1n) is 6.21. The van der Waals surface area contributed by atoms with Crippen LogP contribution in [0.25, 0.3) is 11.1 Å². The molecule has 0 heterocycles. The highest BCUT2D eigenvalue weighted by Crippen LogP contribution is 2.36.